The summed E-state index contributed by atoms with van der Waals surface area (Å²) >= 11 is 0. The van der Waals surface area contributed by atoms with E-state index >= 15 is 0 Å². The van der Waals surface area contributed by atoms with Crippen molar-refractivity contribution in [3.05, 3.63) is 0 Å². The van der Waals surface area contributed by atoms with Crippen LogP contribution in [-0.4, -0.2) is 37.6 Å². The van der Waals surface area contributed by atoms with Crippen molar-refractivity contribution in [3.8, 4) is 0 Å². The molecule has 3 nitrogen and oxygen atoms in total. The predicted molar refractivity (Wildman–Crippen MR) is 64.8 cm³/mol. The second kappa shape index (κ2) is 7.66. The number of hydrogen-bond donors (Lipinski definition) is 0. The Hall–Kier alpha value is -0.570. The summed E-state index contributed by atoms with van der Waals surface area (Å²) in [6.45, 7) is 5.56. The van der Waals surface area contributed by atoms with Crippen LogP contribution in [0.25, 0.3) is 0 Å². The van der Waals surface area contributed by atoms with E-state index in [1.165, 1.54) is 25.7 Å². The number of unbranched alkanes of at least 4 members (excludes halogenated alkanes) is 2. The molecule has 0 fully saturated rings. The van der Waals surface area contributed by atoms with Gasteiger partial charge in [0.1, 0.15) is 6.54 Å². The molecule has 0 rings (SSSR count). The lowest BCUT2D eigenvalue weighted by atomic mass is 10.0. The summed E-state index contributed by atoms with van der Waals surface area (Å²) in [6, 6.07) is 0. The molecule has 1 unspecified atom stereocenters. The van der Waals surface area contributed by atoms with Gasteiger partial charge in [0.05, 0.1) is 26.6 Å². The largest absolute Gasteiger partial charge is 0.544 e. The van der Waals surface area contributed by atoms with Gasteiger partial charge in [0, 0.05) is 0 Å². The average molecular weight is 229 g/mol. The first-order chi connectivity index (χ1) is 7.37. The number of nitrogens with zero attached hydrogens (tertiary/aromatic N) is 1. The first-order valence-electron chi connectivity index (χ1n) is 6.39. The predicted octanol–water partition coefficient (Wildman–Crippen LogP) is 1.42. The van der Waals surface area contributed by atoms with Crippen LogP contribution in [0.1, 0.15) is 46.0 Å². The highest BCUT2D eigenvalue weighted by atomic mass is 16.4. The second-order valence-corrected chi connectivity index (χ2v) is 5.55. The molecule has 0 spiro atoms. The minimum absolute atomic E-state index is 0.116. The van der Waals surface area contributed by atoms with E-state index in [1.54, 1.807) is 0 Å². The molecule has 0 aromatic heterocycles. The summed E-state index contributed by atoms with van der Waals surface area (Å²) in [5.74, 6) is -0.129. The van der Waals surface area contributed by atoms with Crippen LogP contribution < -0.4 is 5.11 Å². The van der Waals surface area contributed by atoms with Crippen LogP contribution in [0.15, 0.2) is 0 Å². The molecule has 0 radical (unpaired) electrons. The standard InChI is InChI=1S/C13H27NO2/c1-5-12(2)9-7-6-8-10-14(3,4)11-13(15)16/h12H,5-11H2,1-4H3. The summed E-state index contributed by atoms with van der Waals surface area (Å²) in [6.07, 6.45) is 6.13. The molecule has 0 aliphatic rings. The molecule has 16 heavy (non-hydrogen) atoms. The third-order valence-electron chi connectivity index (χ3n) is 3.21. The van der Waals surface area contributed by atoms with Gasteiger partial charge < -0.3 is 14.4 Å². The Morgan fingerprint density at radius 2 is 1.88 bits per heavy atom. The molecule has 0 N–H and O–H groups in total. The zero-order valence-corrected chi connectivity index (χ0v) is 11.3. The van der Waals surface area contributed by atoms with Gasteiger partial charge >= 0.3 is 0 Å². The highest BCUT2D eigenvalue weighted by molar-refractivity contribution is 5.65. The Morgan fingerprint density at radius 3 is 2.38 bits per heavy atom. The molecular weight excluding hydrogens is 202 g/mol. The Labute approximate surface area is 100 Å². The van der Waals surface area contributed by atoms with Crippen LogP contribution >= 0.6 is 0 Å². The van der Waals surface area contributed by atoms with Gasteiger partial charge in [-0.15, -0.1) is 0 Å². The van der Waals surface area contributed by atoms with E-state index in [1.807, 2.05) is 14.1 Å². The molecular formula is C13H27NO2. The lowest BCUT2D eigenvalue weighted by molar-refractivity contribution is -0.885. The van der Waals surface area contributed by atoms with Gasteiger partial charge in [-0.2, -0.15) is 0 Å². The number of rotatable bonds is 9. The molecule has 96 valence electrons. The number of quaternary nitrogens is 1. The van der Waals surface area contributed by atoms with Crippen molar-refractivity contribution >= 4 is 5.97 Å². The highest BCUT2D eigenvalue weighted by Gasteiger charge is 2.14. The Bertz CT molecular complexity index is 202. The molecule has 0 saturated heterocycles. The normalized spacial score (nSPS) is 13.8. The third kappa shape index (κ3) is 8.72. The van der Waals surface area contributed by atoms with Gasteiger partial charge in [-0.25, -0.2) is 0 Å². The fraction of sp³-hybridized carbons (Fsp3) is 0.923. The van der Waals surface area contributed by atoms with Gasteiger partial charge in [0.15, 0.2) is 0 Å². The van der Waals surface area contributed by atoms with Crippen molar-refractivity contribution < 1.29 is 14.4 Å². The zero-order chi connectivity index (χ0) is 12.6. The molecule has 0 aliphatic carbocycles. The molecule has 3 heteroatoms. The van der Waals surface area contributed by atoms with Crippen LogP contribution in [0.2, 0.25) is 0 Å². The van der Waals surface area contributed by atoms with Crippen LogP contribution in [0, 0.1) is 5.92 Å². The fourth-order valence-corrected chi connectivity index (χ4v) is 1.84. The Morgan fingerprint density at radius 1 is 1.25 bits per heavy atom. The van der Waals surface area contributed by atoms with Crippen molar-refractivity contribution in [2.75, 3.05) is 27.2 Å². The van der Waals surface area contributed by atoms with Crippen LogP contribution in [-0.2, 0) is 4.79 Å². The first kappa shape index (κ1) is 15.4. The van der Waals surface area contributed by atoms with Crippen molar-refractivity contribution in [2.45, 2.75) is 46.0 Å². The summed E-state index contributed by atoms with van der Waals surface area (Å²) in [5.41, 5.74) is 0. The molecule has 0 bridgehead atoms. The van der Waals surface area contributed by atoms with E-state index in [0.717, 1.165) is 18.9 Å². The summed E-state index contributed by atoms with van der Waals surface area (Å²) < 4.78 is 0.533. The van der Waals surface area contributed by atoms with Crippen LogP contribution in [0.4, 0.5) is 0 Å². The number of carbonyl (C=O) groups is 1. The Balaban J connectivity index is 3.54. The quantitative estimate of drug-likeness (QED) is 0.443. The van der Waals surface area contributed by atoms with E-state index in [0.29, 0.717) is 4.48 Å². The maximum absolute atomic E-state index is 10.5. The van der Waals surface area contributed by atoms with Crippen molar-refractivity contribution in [1.82, 2.24) is 0 Å². The van der Waals surface area contributed by atoms with Crippen molar-refractivity contribution in [1.29, 1.82) is 0 Å². The fourth-order valence-electron chi connectivity index (χ4n) is 1.84. The lowest BCUT2D eigenvalue weighted by Gasteiger charge is -2.30. The number of carbonyl (C=O) groups excluding carboxylic acids is 1. The molecule has 0 amide bonds. The Kier molecular flexibility index (Phi) is 7.39. The van der Waals surface area contributed by atoms with E-state index < -0.39 is 5.97 Å². The summed E-state index contributed by atoms with van der Waals surface area (Å²) in [4.78, 5) is 10.5. The number of carboxylic acids is 1. The average Bonchev–Trinajstić information content (AvgIpc) is 2.14. The molecule has 0 heterocycles. The minimum Gasteiger partial charge on any atom is -0.544 e. The van der Waals surface area contributed by atoms with Gasteiger partial charge in [-0.1, -0.05) is 33.1 Å². The molecule has 0 aromatic rings. The first-order valence-corrected chi connectivity index (χ1v) is 6.39. The minimum atomic E-state index is -0.954. The van der Waals surface area contributed by atoms with Gasteiger partial charge in [-0.05, 0) is 18.8 Å². The number of likely N-dealkylation sites (N-methyl/N-ethyl adjacent to an activating group) is 1. The second-order valence-electron chi connectivity index (χ2n) is 5.55. The highest BCUT2D eigenvalue weighted by Crippen LogP contribution is 2.13. The molecule has 0 aliphatic heterocycles. The molecule has 0 saturated carbocycles. The van der Waals surface area contributed by atoms with Gasteiger partial charge in [0.2, 0.25) is 0 Å². The number of hydrogen-bond acceptors (Lipinski definition) is 2. The lowest BCUT2D eigenvalue weighted by Crippen LogP contribution is -2.48. The third-order valence-corrected chi connectivity index (χ3v) is 3.21. The van der Waals surface area contributed by atoms with E-state index in [-0.39, 0.29) is 6.54 Å². The molecule has 1 atom stereocenters. The van der Waals surface area contributed by atoms with Crippen LogP contribution in [0.3, 0.4) is 0 Å². The smallest absolute Gasteiger partial charge is 0.119 e. The topological polar surface area (TPSA) is 40.1 Å². The van der Waals surface area contributed by atoms with E-state index in [2.05, 4.69) is 13.8 Å². The maximum Gasteiger partial charge on any atom is 0.119 e. The summed E-state index contributed by atoms with van der Waals surface area (Å²) in [5, 5.41) is 10.5. The van der Waals surface area contributed by atoms with E-state index in [4.69, 9.17) is 0 Å². The van der Waals surface area contributed by atoms with E-state index in [9.17, 15) is 9.90 Å². The number of carboxylic acid groups (broad SMARTS) is 1. The zero-order valence-electron chi connectivity index (χ0n) is 11.3. The van der Waals surface area contributed by atoms with Gasteiger partial charge in [-0.3, -0.25) is 0 Å². The SMILES string of the molecule is CCC(C)CCCCC[N+](C)(C)CC(=O)[O-]. The maximum atomic E-state index is 10.5. The van der Waals surface area contributed by atoms with Gasteiger partial charge in [0.25, 0.3) is 0 Å². The monoisotopic (exact) mass is 229 g/mol. The molecule has 0 aromatic carbocycles. The van der Waals surface area contributed by atoms with Crippen molar-refractivity contribution in [2.24, 2.45) is 5.92 Å². The number of aliphatic carboxylic acids is 1. The summed E-state index contributed by atoms with van der Waals surface area (Å²) in [7, 11) is 3.90. The van der Waals surface area contributed by atoms with Crippen molar-refractivity contribution in [3.63, 3.8) is 0 Å². The van der Waals surface area contributed by atoms with Crippen LogP contribution in [0.5, 0.6) is 0 Å².